The summed E-state index contributed by atoms with van der Waals surface area (Å²) >= 11 is 0. The molecule has 0 radical (unpaired) electrons. The van der Waals surface area contributed by atoms with Crippen molar-refractivity contribution in [2.24, 2.45) is 7.05 Å². The van der Waals surface area contributed by atoms with Crippen molar-refractivity contribution in [1.82, 2.24) is 19.7 Å². The summed E-state index contributed by atoms with van der Waals surface area (Å²) in [5, 5.41) is 4.23. The van der Waals surface area contributed by atoms with Gasteiger partial charge in [-0.2, -0.15) is 5.10 Å². The first-order valence-corrected chi connectivity index (χ1v) is 8.72. The smallest absolute Gasteiger partial charge is 0.258 e. The number of carbonyl (C=O) groups is 1. The zero-order valence-electron chi connectivity index (χ0n) is 14.0. The minimum absolute atomic E-state index is 0.0545. The Morgan fingerprint density at radius 1 is 1.21 bits per heavy atom. The molecule has 2 N–H and O–H groups in total. The highest BCUT2D eigenvalue weighted by Crippen LogP contribution is 2.34. The molecule has 1 aliphatic heterocycles. The van der Waals surface area contributed by atoms with Crippen LogP contribution in [0.2, 0.25) is 0 Å². The Kier molecular flexibility index (Phi) is 3.75. The van der Waals surface area contributed by atoms with Gasteiger partial charge in [-0.05, 0) is 24.8 Å². The van der Waals surface area contributed by atoms with E-state index in [0.717, 1.165) is 42.5 Å². The maximum absolute atomic E-state index is 13.1. The van der Waals surface area contributed by atoms with Gasteiger partial charge in [0.05, 0.1) is 11.8 Å². The molecule has 6 nitrogen and oxygen atoms in total. The number of carbonyl (C=O) groups excluding carboxylic acids is 1. The average molecular weight is 325 g/mol. The van der Waals surface area contributed by atoms with Gasteiger partial charge in [0.15, 0.2) is 0 Å². The summed E-state index contributed by atoms with van der Waals surface area (Å²) in [6.45, 7) is 0.771. The van der Waals surface area contributed by atoms with Crippen LogP contribution in [0.25, 0.3) is 11.1 Å². The molecule has 2 aliphatic rings. The van der Waals surface area contributed by atoms with Crippen LogP contribution in [0.5, 0.6) is 0 Å². The average Bonchev–Trinajstić information content (AvgIpc) is 3.02. The van der Waals surface area contributed by atoms with E-state index in [4.69, 9.17) is 5.73 Å². The topological polar surface area (TPSA) is 77.0 Å². The molecule has 3 heterocycles. The van der Waals surface area contributed by atoms with Crippen LogP contribution in [-0.2, 0) is 13.5 Å². The third-order valence-corrected chi connectivity index (χ3v) is 5.32. The largest absolute Gasteiger partial charge is 0.383 e. The van der Waals surface area contributed by atoms with E-state index in [1.165, 1.54) is 19.3 Å². The van der Waals surface area contributed by atoms with Crippen LogP contribution in [0.3, 0.4) is 0 Å². The van der Waals surface area contributed by atoms with E-state index in [0.29, 0.717) is 17.4 Å². The van der Waals surface area contributed by atoms with Gasteiger partial charge in [-0.3, -0.25) is 9.48 Å². The van der Waals surface area contributed by atoms with Crippen molar-refractivity contribution in [3.05, 3.63) is 29.7 Å². The Morgan fingerprint density at radius 2 is 2.00 bits per heavy atom. The van der Waals surface area contributed by atoms with Gasteiger partial charge < -0.3 is 10.6 Å². The van der Waals surface area contributed by atoms with Crippen molar-refractivity contribution in [2.75, 3.05) is 12.3 Å². The highest BCUT2D eigenvalue weighted by molar-refractivity contribution is 6.02. The molecule has 0 bridgehead atoms. The fourth-order valence-electron chi connectivity index (χ4n) is 4.09. The summed E-state index contributed by atoms with van der Waals surface area (Å²) in [4.78, 5) is 19.4. The number of nitrogen functional groups attached to an aromatic ring is 1. The van der Waals surface area contributed by atoms with Gasteiger partial charge in [0.25, 0.3) is 5.91 Å². The van der Waals surface area contributed by atoms with Gasteiger partial charge in [-0.25, -0.2) is 4.98 Å². The Labute approximate surface area is 141 Å². The van der Waals surface area contributed by atoms with Gasteiger partial charge >= 0.3 is 0 Å². The number of amides is 1. The number of hydrogen-bond acceptors (Lipinski definition) is 4. The zero-order valence-corrected chi connectivity index (χ0v) is 14.0. The van der Waals surface area contributed by atoms with Gasteiger partial charge in [-0.15, -0.1) is 0 Å². The molecule has 0 unspecified atom stereocenters. The van der Waals surface area contributed by atoms with Crippen LogP contribution in [-0.4, -0.2) is 38.2 Å². The Hall–Kier alpha value is -2.37. The lowest BCUT2D eigenvalue weighted by molar-refractivity contribution is 0.0616. The molecule has 0 spiro atoms. The van der Waals surface area contributed by atoms with Gasteiger partial charge in [0.2, 0.25) is 0 Å². The standard InChI is InChI=1S/C18H23N5O/c1-22-11-12(9-21-22)15-10-20-17(19)16-14(15)7-8-23(18(16)24)13-5-3-2-4-6-13/h9-11,13H,2-8H2,1H3,(H2,19,20). The van der Waals surface area contributed by atoms with Crippen LogP contribution in [0.4, 0.5) is 5.82 Å². The number of hydrogen-bond donors (Lipinski definition) is 1. The SMILES string of the molecule is Cn1cc(-c2cnc(N)c3c2CCN(C2CCCCC2)C3=O)cn1. The van der Waals surface area contributed by atoms with E-state index in [1.54, 1.807) is 10.9 Å². The van der Waals surface area contributed by atoms with Crippen molar-refractivity contribution in [2.45, 2.75) is 44.6 Å². The minimum atomic E-state index is 0.0545. The van der Waals surface area contributed by atoms with Crippen molar-refractivity contribution < 1.29 is 4.79 Å². The van der Waals surface area contributed by atoms with Gasteiger partial charge in [0.1, 0.15) is 5.82 Å². The summed E-state index contributed by atoms with van der Waals surface area (Å²) in [7, 11) is 1.89. The van der Waals surface area contributed by atoms with Crippen LogP contribution in [0.1, 0.15) is 48.0 Å². The van der Waals surface area contributed by atoms with E-state index in [1.807, 2.05) is 24.3 Å². The molecule has 126 valence electrons. The molecular weight excluding hydrogens is 302 g/mol. The maximum Gasteiger partial charge on any atom is 0.258 e. The number of aryl methyl sites for hydroxylation is 1. The Morgan fingerprint density at radius 3 is 2.71 bits per heavy atom. The number of nitrogens with zero attached hydrogens (tertiary/aromatic N) is 4. The first-order valence-electron chi connectivity index (χ1n) is 8.72. The first kappa shape index (κ1) is 15.2. The van der Waals surface area contributed by atoms with Crippen LogP contribution in [0, 0.1) is 0 Å². The van der Waals surface area contributed by atoms with Crippen molar-refractivity contribution in [1.29, 1.82) is 0 Å². The van der Waals surface area contributed by atoms with E-state index in [2.05, 4.69) is 10.1 Å². The second kappa shape index (κ2) is 5.92. The third kappa shape index (κ3) is 2.46. The Bertz CT molecular complexity index is 776. The lowest BCUT2D eigenvalue weighted by Gasteiger charge is -2.38. The molecular formula is C18H23N5O. The number of fused-ring (bicyclic) bond motifs is 1. The summed E-state index contributed by atoms with van der Waals surface area (Å²) in [6, 6.07) is 0.362. The lowest BCUT2D eigenvalue weighted by Crippen LogP contribution is -2.46. The molecule has 1 saturated carbocycles. The zero-order chi connectivity index (χ0) is 16.7. The summed E-state index contributed by atoms with van der Waals surface area (Å²) in [6.07, 6.45) is 12.3. The van der Waals surface area contributed by atoms with Crippen molar-refractivity contribution in [3.63, 3.8) is 0 Å². The van der Waals surface area contributed by atoms with E-state index in [9.17, 15) is 4.79 Å². The molecule has 4 rings (SSSR count). The van der Waals surface area contributed by atoms with E-state index in [-0.39, 0.29) is 5.91 Å². The lowest BCUT2D eigenvalue weighted by atomic mass is 9.89. The first-order chi connectivity index (χ1) is 11.6. The molecule has 2 aromatic heterocycles. The fourth-order valence-corrected chi connectivity index (χ4v) is 4.09. The fraction of sp³-hybridized carbons (Fsp3) is 0.500. The number of rotatable bonds is 2. The number of anilines is 1. The van der Waals surface area contributed by atoms with Crippen LogP contribution < -0.4 is 5.73 Å². The predicted octanol–water partition coefficient (Wildman–Crippen LogP) is 2.40. The summed E-state index contributed by atoms with van der Waals surface area (Å²) < 4.78 is 1.76. The minimum Gasteiger partial charge on any atom is -0.383 e. The monoisotopic (exact) mass is 325 g/mol. The van der Waals surface area contributed by atoms with Gasteiger partial charge in [0, 0.05) is 43.2 Å². The predicted molar refractivity (Wildman–Crippen MR) is 92.5 cm³/mol. The molecule has 6 heteroatoms. The second-order valence-electron chi connectivity index (χ2n) is 6.85. The van der Waals surface area contributed by atoms with Crippen molar-refractivity contribution in [3.8, 4) is 11.1 Å². The highest BCUT2D eigenvalue weighted by atomic mass is 16.2. The molecule has 0 atom stereocenters. The number of nitrogens with two attached hydrogens (primary N) is 1. The van der Waals surface area contributed by atoms with Crippen LogP contribution >= 0.6 is 0 Å². The molecule has 0 saturated heterocycles. The molecule has 0 aromatic carbocycles. The van der Waals surface area contributed by atoms with Gasteiger partial charge in [-0.1, -0.05) is 19.3 Å². The normalized spacial score (nSPS) is 18.7. The van der Waals surface area contributed by atoms with E-state index < -0.39 is 0 Å². The molecule has 1 amide bonds. The Balaban J connectivity index is 1.73. The summed E-state index contributed by atoms with van der Waals surface area (Å²) in [5.41, 5.74) is 9.68. The molecule has 24 heavy (non-hydrogen) atoms. The highest BCUT2D eigenvalue weighted by Gasteiger charge is 2.34. The molecule has 1 fully saturated rings. The number of aromatic nitrogens is 3. The molecule has 2 aromatic rings. The van der Waals surface area contributed by atoms with Crippen LogP contribution in [0.15, 0.2) is 18.6 Å². The molecule has 1 aliphatic carbocycles. The van der Waals surface area contributed by atoms with Crippen molar-refractivity contribution >= 4 is 11.7 Å². The second-order valence-corrected chi connectivity index (χ2v) is 6.85. The quantitative estimate of drug-likeness (QED) is 0.920. The number of pyridine rings is 1. The maximum atomic E-state index is 13.1. The van der Waals surface area contributed by atoms with E-state index >= 15 is 0 Å². The third-order valence-electron chi connectivity index (χ3n) is 5.32. The summed E-state index contributed by atoms with van der Waals surface area (Å²) in [5.74, 6) is 0.405.